The number of hydrogen-bond donors (Lipinski definition) is 3. The highest BCUT2D eigenvalue weighted by Crippen LogP contribution is 2.38. The van der Waals surface area contributed by atoms with E-state index in [1.165, 1.54) is 0 Å². The molecule has 3 N–H and O–H groups in total. The van der Waals surface area contributed by atoms with Crippen molar-refractivity contribution < 1.29 is 27.8 Å². The second-order valence-corrected chi connectivity index (χ2v) is 11.0. The van der Waals surface area contributed by atoms with Gasteiger partial charge in [-0.25, -0.2) is 22.9 Å². The summed E-state index contributed by atoms with van der Waals surface area (Å²) < 4.78 is 51.7. The van der Waals surface area contributed by atoms with Crippen LogP contribution in [-0.2, 0) is 11.3 Å². The number of carbonyl (C=O) groups is 1. The van der Waals surface area contributed by atoms with Gasteiger partial charge in [-0.1, -0.05) is 30.3 Å². The second-order valence-electron chi connectivity index (χ2n) is 11.0. The van der Waals surface area contributed by atoms with Crippen molar-refractivity contribution in [3.8, 4) is 11.3 Å². The van der Waals surface area contributed by atoms with E-state index in [0.29, 0.717) is 51.4 Å². The van der Waals surface area contributed by atoms with E-state index in [0.717, 1.165) is 23.8 Å². The second kappa shape index (κ2) is 14.2. The topological polar surface area (TPSA) is 91.6 Å². The zero-order valence-electron chi connectivity index (χ0n) is 23.5. The van der Waals surface area contributed by atoms with Gasteiger partial charge in [0.05, 0.1) is 11.7 Å². The monoisotopic (exact) mass is 585 g/mol. The summed E-state index contributed by atoms with van der Waals surface area (Å²) >= 11 is 0. The van der Waals surface area contributed by atoms with E-state index in [1.807, 2.05) is 34.9 Å². The Morgan fingerprint density at radius 3 is 2.67 bits per heavy atom. The molecule has 2 fully saturated rings. The molecule has 226 valence electrons. The molecule has 0 bridgehead atoms. The van der Waals surface area contributed by atoms with E-state index in [4.69, 9.17) is 9.72 Å². The number of imidazole rings is 1. The first-order valence-electron chi connectivity index (χ1n) is 14.6. The van der Waals surface area contributed by atoms with Crippen LogP contribution in [0.2, 0.25) is 0 Å². The summed E-state index contributed by atoms with van der Waals surface area (Å²) in [4.78, 5) is 20.4. The smallest absolute Gasteiger partial charge is 0.318 e. The van der Waals surface area contributed by atoms with Crippen LogP contribution in [0.15, 0.2) is 54.7 Å². The molecule has 0 aliphatic carbocycles. The number of rotatable bonds is 11. The Labute approximate surface area is 243 Å². The van der Waals surface area contributed by atoms with Crippen LogP contribution in [0, 0.1) is 23.5 Å². The fourth-order valence-electron chi connectivity index (χ4n) is 5.86. The van der Waals surface area contributed by atoms with Gasteiger partial charge in [0, 0.05) is 70.2 Å². The van der Waals surface area contributed by atoms with Gasteiger partial charge in [-0.15, -0.1) is 0 Å². The molecule has 3 atom stereocenters. The van der Waals surface area contributed by atoms with Crippen LogP contribution in [0.1, 0.15) is 36.7 Å². The quantitative estimate of drug-likeness (QED) is 0.292. The predicted octanol–water partition coefficient (Wildman–Crippen LogP) is 4.30. The summed E-state index contributed by atoms with van der Waals surface area (Å²) in [5, 5.41) is 15.3. The van der Waals surface area contributed by atoms with Crippen LogP contribution in [0.25, 0.3) is 11.3 Å². The van der Waals surface area contributed by atoms with E-state index < -0.39 is 29.8 Å². The number of ether oxygens (including phenoxy) is 1. The molecule has 0 radical (unpaired) electrons. The molecule has 2 aromatic carbocycles. The molecule has 42 heavy (non-hydrogen) atoms. The lowest BCUT2D eigenvalue weighted by atomic mass is 9.89. The average molecular weight is 586 g/mol. The van der Waals surface area contributed by atoms with Crippen LogP contribution in [0.5, 0.6) is 0 Å². The molecule has 1 aromatic heterocycles. The van der Waals surface area contributed by atoms with Crippen LogP contribution in [0.3, 0.4) is 0 Å². The van der Waals surface area contributed by atoms with Crippen molar-refractivity contribution in [3.05, 3.63) is 77.8 Å². The number of alkyl halides is 1. The van der Waals surface area contributed by atoms with Gasteiger partial charge in [0.15, 0.2) is 0 Å². The third-order valence-electron chi connectivity index (χ3n) is 8.08. The third-order valence-corrected chi connectivity index (χ3v) is 8.08. The molecule has 3 aromatic rings. The van der Waals surface area contributed by atoms with Gasteiger partial charge in [0.25, 0.3) is 0 Å². The van der Waals surface area contributed by atoms with Crippen LogP contribution in [0.4, 0.5) is 18.0 Å². The summed E-state index contributed by atoms with van der Waals surface area (Å²) in [5.41, 5.74) is 1.24. The molecule has 2 saturated heterocycles. The largest absolute Gasteiger partial charge is 0.396 e. The van der Waals surface area contributed by atoms with E-state index in [-0.39, 0.29) is 49.4 Å². The first-order valence-corrected chi connectivity index (χ1v) is 14.6. The number of benzene rings is 2. The van der Waals surface area contributed by atoms with Gasteiger partial charge in [0.2, 0.25) is 0 Å². The van der Waals surface area contributed by atoms with Crippen LogP contribution < -0.4 is 10.6 Å². The maximum Gasteiger partial charge on any atom is 0.318 e. The predicted molar refractivity (Wildman–Crippen MR) is 152 cm³/mol. The Kier molecular flexibility index (Phi) is 10.1. The van der Waals surface area contributed by atoms with Crippen molar-refractivity contribution in [3.63, 3.8) is 0 Å². The van der Waals surface area contributed by atoms with Crippen molar-refractivity contribution in [1.82, 2.24) is 25.1 Å². The lowest BCUT2D eigenvalue weighted by molar-refractivity contribution is 0.0258. The Morgan fingerprint density at radius 2 is 1.95 bits per heavy atom. The Hall–Kier alpha value is -3.41. The number of nitrogens with zero attached hydrogens (tertiary/aromatic N) is 3. The summed E-state index contributed by atoms with van der Waals surface area (Å²) in [7, 11) is 0. The lowest BCUT2D eigenvalue weighted by Gasteiger charge is -2.39. The third kappa shape index (κ3) is 7.14. The van der Waals surface area contributed by atoms with E-state index in [2.05, 4.69) is 10.6 Å². The average Bonchev–Trinajstić information content (AvgIpc) is 3.60. The van der Waals surface area contributed by atoms with Gasteiger partial charge >= 0.3 is 6.03 Å². The molecular weight excluding hydrogens is 547 g/mol. The molecule has 8 nitrogen and oxygen atoms in total. The summed E-state index contributed by atoms with van der Waals surface area (Å²) in [6, 6.07) is 12.0. The van der Waals surface area contributed by atoms with Crippen LogP contribution >= 0.6 is 0 Å². The number of hydrogen-bond acceptors (Lipinski definition) is 5. The minimum atomic E-state index is -1.12. The number of amides is 2. The highest BCUT2D eigenvalue weighted by Gasteiger charge is 2.40. The van der Waals surface area contributed by atoms with Crippen molar-refractivity contribution in [2.75, 3.05) is 46.0 Å². The van der Waals surface area contributed by atoms with E-state index in [9.17, 15) is 23.1 Å². The van der Waals surface area contributed by atoms with Gasteiger partial charge in [0.1, 0.15) is 23.6 Å². The molecule has 0 spiro atoms. The minimum absolute atomic E-state index is 0.0246. The van der Waals surface area contributed by atoms with Gasteiger partial charge in [-0.05, 0) is 48.9 Å². The minimum Gasteiger partial charge on any atom is -0.396 e. The maximum absolute atomic E-state index is 15.0. The molecule has 2 aliphatic rings. The summed E-state index contributed by atoms with van der Waals surface area (Å²) in [5.74, 6) is -1.17. The standard InChI is InChI=1S/C31H38F3N5O3/c32-24-7-8-26(33)25(15-24)28-20-38(18-21-5-2-1-3-6-21)30(37-28)29(22-9-13-42-14-10-22)39(31(41)36-11-4-12-40)19-23-16-35-17-27(23)34/h1-3,5-8,15,20,22-23,27,29,35,40H,4,9-14,16-19H2,(H,36,41). The Balaban J connectivity index is 1.62. The Bertz CT molecular complexity index is 1320. The van der Waals surface area contributed by atoms with Crippen molar-refractivity contribution in [2.45, 2.75) is 38.0 Å². The molecular formula is C31H38F3N5O3. The fraction of sp³-hybridized carbons (Fsp3) is 0.484. The maximum atomic E-state index is 15.0. The zero-order chi connectivity index (χ0) is 29.5. The van der Waals surface area contributed by atoms with E-state index >= 15 is 0 Å². The van der Waals surface area contributed by atoms with Crippen molar-refractivity contribution in [2.24, 2.45) is 11.8 Å². The van der Waals surface area contributed by atoms with Gasteiger partial charge < -0.3 is 29.9 Å². The van der Waals surface area contributed by atoms with Crippen LogP contribution in [-0.4, -0.2) is 77.8 Å². The molecule has 2 aliphatic heterocycles. The highest BCUT2D eigenvalue weighted by atomic mass is 19.1. The number of urea groups is 1. The number of carbonyl (C=O) groups excluding carboxylic acids is 1. The lowest BCUT2D eigenvalue weighted by Crippen LogP contribution is -2.49. The number of halogens is 3. The van der Waals surface area contributed by atoms with Gasteiger partial charge in [-0.3, -0.25) is 0 Å². The molecule has 2 amide bonds. The molecule has 0 saturated carbocycles. The normalized spacial score (nSPS) is 20.0. The zero-order valence-corrected chi connectivity index (χ0v) is 23.5. The number of aliphatic hydroxyl groups is 1. The summed E-state index contributed by atoms with van der Waals surface area (Å²) in [6.07, 6.45) is 2.26. The Morgan fingerprint density at radius 1 is 1.17 bits per heavy atom. The molecule has 11 heteroatoms. The SMILES string of the molecule is O=C(NCCCO)N(CC1CNCC1F)C(c1nc(-c2cc(F)ccc2F)cn1Cc1ccccc1)C1CCOCC1. The molecule has 3 heterocycles. The van der Waals surface area contributed by atoms with Gasteiger partial charge in [-0.2, -0.15) is 0 Å². The fourth-order valence-corrected chi connectivity index (χ4v) is 5.86. The van der Waals surface area contributed by atoms with Crippen molar-refractivity contribution in [1.29, 1.82) is 0 Å². The number of aromatic nitrogens is 2. The number of aliphatic hydroxyl groups excluding tert-OH is 1. The van der Waals surface area contributed by atoms with E-state index in [1.54, 1.807) is 11.1 Å². The molecule has 3 unspecified atom stereocenters. The molecule has 5 rings (SSSR count). The first-order chi connectivity index (χ1) is 20.4. The summed E-state index contributed by atoms with van der Waals surface area (Å²) in [6.45, 7) is 2.36. The van der Waals surface area contributed by atoms with Crippen molar-refractivity contribution >= 4 is 6.03 Å². The highest BCUT2D eigenvalue weighted by molar-refractivity contribution is 5.75. The number of nitrogens with one attached hydrogen (secondary N) is 2. The first kappa shape index (κ1) is 30.1.